The molecule has 19 heavy (non-hydrogen) atoms. The van der Waals surface area contributed by atoms with Crippen LogP contribution in [0.3, 0.4) is 0 Å². The maximum absolute atomic E-state index is 11.5. The van der Waals surface area contributed by atoms with E-state index in [1.54, 1.807) is 0 Å². The van der Waals surface area contributed by atoms with E-state index in [4.69, 9.17) is 5.11 Å². The third kappa shape index (κ3) is 5.79. The molecule has 1 amide bonds. The van der Waals surface area contributed by atoms with Crippen LogP contribution in [0.2, 0.25) is 0 Å². The van der Waals surface area contributed by atoms with Crippen molar-refractivity contribution in [2.75, 3.05) is 16.8 Å². The molecule has 4 nitrogen and oxygen atoms in total. The van der Waals surface area contributed by atoms with Gasteiger partial charge in [-0.2, -0.15) is 0 Å². The van der Waals surface area contributed by atoms with Gasteiger partial charge in [-0.1, -0.05) is 26.0 Å². The number of rotatable bonds is 7. The molecule has 0 aliphatic rings. The highest BCUT2D eigenvalue weighted by molar-refractivity contribution is 8.00. The fourth-order valence-electron chi connectivity index (χ4n) is 1.56. The molecule has 1 aromatic carbocycles. The highest BCUT2D eigenvalue weighted by Crippen LogP contribution is 2.20. The van der Waals surface area contributed by atoms with Crippen molar-refractivity contribution in [2.24, 2.45) is 0 Å². The molecule has 0 saturated heterocycles. The van der Waals surface area contributed by atoms with E-state index >= 15 is 0 Å². The van der Waals surface area contributed by atoms with Gasteiger partial charge in [-0.25, -0.2) is 0 Å². The molecule has 104 valence electrons. The van der Waals surface area contributed by atoms with Crippen LogP contribution in [0.15, 0.2) is 24.3 Å². The van der Waals surface area contributed by atoms with Gasteiger partial charge in [0.25, 0.3) is 0 Å². The molecule has 0 heterocycles. The Bertz CT molecular complexity index is 431. The lowest BCUT2D eigenvalue weighted by molar-refractivity contribution is -0.133. The first-order valence-electron chi connectivity index (χ1n) is 6.22. The lowest BCUT2D eigenvalue weighted by atomic mass is 9.99. The molecule has 1 aromatic rings. The number of amides is 1. The Labute approximate surface area is 117 Å². The van der Waals surface area contributed by atoms with Crippen molar-refractivity contribution in [3.05, 3.63) is 29.8 Å². The second-order valence-electron chi connectivity index (χ2n) is 4.37. The number of nitrogens with one attached hydrogen (secondary N) is 1. The van der Waals surface area contributed by atoms with Gasteiger partial charge in [0.15, 0.2) is 0 Å². The molecule has 0 bridgehead atoms. The van der Waals surface area contributed by atoms with Gasteiger partial charge in [0.1, 0.15) is 0 Å². The molecular formula is C14H19NO3S. The first-order chi connectivity index (χ1) is 9.02. The molecule has 0 spiro atoms. The van der Waals surface area contributed by atoms with E-state index in [1.165, 1.54) is 5.56 Å². The number of hydrogen-bond donors (Lipinski definition) is 2. The first kappa shape index (κ1) is 15.6. The summed E-state index contributed by atoms with van der Waals surface area (Å²) in [6.07, 6.45) is 1.08. The van der Waals surface area contributed by atoms with Gasteiger partial charge >= 0.3 is 5.97 Å². The number of thioether (sulfide) groups is 1. The van der Waals surface area contributed by atoms with Crippen LogP contribution in [-0.2, 0) is 9.59 Å². The molecule has 0 saturated carbocycles. The van der Waals surface area contributed by atoms with Crippen molar-refractivity contribution in [3.63, 3.8) is 0 Å². The van der Waals surface area contributed by atoms with Crippen LogP contribution in [0.4, 0.5) is 5.69 Å². The van der Waals surface area contributed by atoms with Crippen LogP contribution in [0, 0.1) is 0 Å². The quantitative estimate of drug-likeness (QED) is 0.806. The Balaban J connectivity index is 2.44. The average Bonchev–Trinajstić information content (AvgIpc) is 2.38. The fraction of sp³-hybridized carbons (Fsp3) is 0.429. The summed E-state index contributed by atoms with van der Waals surface area (Å²) in [5, 5.41) is 11.2. The van der Waals surface area contributed by atoms with Crippen molar-refractivity contribution in [1.82, 2.24) is 0 Å². The van der Waals surface area contributed by atoms with E-state index in [-0.39, 0.29) is 17.4 Å². The van der Waals surface area contributed by atoms with Crippen LogP contribution in [0.5, 0.6) is 0 Å². The molecule has 0 aliphatic carbocycles. The summed E-state index contributed by atoms with van der Waals surface area (Å²) in [4.78, 5) is 21.9. The minimum Gasteiger partial charge on any atom is -0.481 e. The predicted molar refractivity (Wildman–Crippen MR) is 78.7 cm³/mol. The summed E-state index contributed by atoms with van der Waals surface area (Å²) in [7, 11) is 0. The van der Waals surface area contributed by atoms with Gasteiger partial charge in [-0.15, -0.1) is 11.8 Å². The van der Waals surface area contributed by atoms with Crippen molar-refractivity contribution in [1.29, 1.82) is 0 Å². The summed E-state index contributed by atoms with van der Waals surface area (Å²) in [6, 6.07) is 7.77. The van der Waals surface area contributed by atoms with E-state index in [0.717, 1.165) is 23.9 Å². The smallest absolute Gasteiger partial charge is 0.313 e. The van der Waals surface area contributed by atoms with Gasteiger partial charge in [0.2, 0.25) is 5.91 Å². The van der Waals surface area contributed by atoms with E-state index < -0.39 is 5.97 Å². The fourth-order valence-corrected chi connectivity index (χ4v) is 2.09. The van der Waals surface area contributed by atoms with Crippen molar-refractivity contribution < 1.29 is 14.7 Å². The zero-order valence-electron chi connectivity index (χ0n) is 11.2. The molecular weight excluding hydrogens is 262 g/mol. The largest absolute Gasteiger partial charge is 0.481 e. The minimum absolute atomic E-state index is 0.0552. The Morgan fingerprint density at radius 1 is 1.26 bits per heavy atom. The van der Waals surface area contributed by atoms with Gasteiger partial charge in [0.05, 0.1) is 11.5 Å². The van der Waals surface area contributed by atoms with Gasteiger partial charge in [-0.05, 0) is 30.0 Å². The number of benzene rings is 1. The topological polar surface area (TPSA) is 66.4 Å². The third-order valence-corrected chi connectivity index (χ3v) is 3.75. The zero-order valence-corrected chi connectivity index (χ0v) is 12.0. The Hall–Kier alpha value is -1.49. The van der Waals surface area contributed by atoms with Gasteiger partial charge in [0, 0.05) is 5.69 Å². The number of anilines is 1. The molecule has 0 radical (unpaired) electrons. The molecule has 1 rings (SSSR count). The monoisotopic (exact) mass is 281 g/mol. The van der Waals surface area contributed by atoms with E-state index in [2.05, 4.69) is 19.2 Å². The maximum atomic E-state index is 11.5. The Kier molecular flexibility index (Phi) is 6.42. The summed E-state index contributed by atoms with van der Waals surface area (Å²) < 4.78 is 0. The summed E-state index contributed by atoms with van der Waals surface area (Å²) >= 11 is 1.09. The van der Waals surface area contributed by atoms with E-state index in [1.807, 2.05) is 24.3 Å². The van der Waals surface area contributed by atoms with Crippen molar-refractivity contribution in [3.8, 4) is 0 Å². The van der Waals surface area contributed by atoms with E-state index in [9.17, 15) is 9.59 Å². The number of carbonyl (C=O) groups is 2. The van der Waals surface area contributed by atoms with E-state index in [0.29, 0.717) is 5.92 Å². The van der Waals surface area contributed by atoms with Crippen LogP contribution < -0.4 is 5.32 Å². The highest BCUT2D eigenvalue weighted by atomic mass is 32.2. The van der Waals surface area contributed by atoms with Crippen molar-refractivity contribution >= 4 is 29.3 Å². The lowest BCUT2D eigenvalue weighted by Crippen LogP contribution is -2.15. The maximum Gasteiger partial charge on any atom is 0.313 e. The molecule has 2 N–H and O–H groups in total. The van der Waals surface area contributed by atoms with Crippen LogP contribution in [0.1, 0.15) is 31.7 Å². The van der Waals surface area contributed by atoms with Crippen molar-refractivity contribution in [2.45, 2.75) is 26.2 Å². The summed E-state index contributed by atoms with van der Waals surface area (Å²) in [6.45, 7) is 4.30. The number of carboxylic acid groups (broad SMARTS) is 1. The number of aliphatic carboxylic acids is 1. The second kappa shape index (κ2) is 7.84. The Morgan fingerprint density at radius 3 is 2.42 bits per heavy atom. The normalized spacial score (nSPS) is 11.9. The predicted octanol–water partition coefficient (Wildman–Crippen LogP) is 2.96. The number of carbonyl (C=O) groups excluding carboxylic acids is 1. The molecule has 0 aromatic heterocycles. The molecule has 0 aliphatic heterocycles. The molecule has 0 fully saturated rings. The van der Waals surface area contributed by atoms with Gasteiger partial charge < -0.3 is 10.4 Å². The zero-order chi connectivity index (χ0) is 14.3. The number of carboxylic acids is 1. The highest BCUT2D eigenvalue weighted by Gasteiger charge is 2.06. The first-order valence-corrected chi connectivity index (χ1v) is 7.37. The average molecular weight is 281 g/mol. The molecule has 1 unspecified atom stereocenters. The third-order valence-electron chi connectivity index (χ3n) is 2.83. The minimum atomic E-state index is -0.907. The number of hydrogen-bond acceptors (Lipinski definition) is 3. The molecule has 1 atom stereocenters. The molecule has 5 heteroatoms. The summed E-state index contributed by atoms with van der Waals surface area (Å²) in [5.74, 6) is -0.478. The SMILES string of the molecule is CCC(C)c1ccc(NC(=O)CSCC(=O)O)cc1. The van der Waals surface area contributed by atoms with Crippen LogP contribution in [-0.4, -0.2) is 28.5 Å². The van der Waals surface area contributed by atoms with Crippen LogP contribution >= 0.6 is 11.8 Å². The summed E-state index contributed by atoms with van der Waals surface area (Å²) in [5.41, 5.74) is 1.99. The second-order valence-corrected chi connectivity index (χ2v) is 5.35. The van der Waals surface area contributed by atoms with Gasteiger partial charge in [-0.3, -0.25) is 9.59 Å². The lowest BCUT2D eigenvalue weighted by Gasteiger charge is -2.10. The Morgan fingerprint density at radius 2 is 1.89 bits per heavy atom. The van der Waals surface area contributed by atoms with Crippen LogP contribution in [0.25, 0.3) is 0 Å². The standard InChI is InChI=1S/C14H19NO3S/c1-3-10(2)11-4-6-12(7-5-11)15-13(16)8-19-9-14(17)18/h4-7,10H,3,8-9H2,1-2H3,(H,15,16)(H,17,18).